The third-order valence-corrected chi connectivity index (χ3v) is 6.80. The molecule has 5 nitrogen and oxygen atoms in total. The molecule has 1 N–H and O–H groups in total. The van der Waals surface area contributed by atoms with Crippen LogP contribution in [0.15, 0.2) is 24.4 Å². The van der Waals surface area contributed by atoms with Crippen LogP contribution in [-0.2, 0) is 10.4 Å². The van der Waals surface area contributed by atoms with Gasteiger partial charge in [-0.1, -0.05) is 13.0 Å². The maximum atomic E-state index is 13.0. The molecule has 0 saturated carbocycles. The summed E-state index contributed by atoms with van der Waals surface area (Å²) in [4.78, 5) is 21.9. The van der Waals surface area contributed by atoms with Gasteiger partial charge in [0.1, 0.15) is 5.60 Å². The zero-order chi connectivity index (χ0) is 18.1. The molecule has 4 heterocycles. The minimum absolute atomic E-state index is 0.287. The normalized spacial score (nSPS) is 34.8. The number of rotatable bonds is 4. The maximum absolute atomic E-state index is 13.0. The van der Waals surface area contributed by atoms with Crippen molar-refractivity contribution in [2.75, 3.05) is 13.1 Å². The minimum Gasteiger partial charge on any atom is -0.383 e. The Labute approximate surface area is 156 Å². The third-order valence-electron chi connectivity index (χ3n) is 6.80. The summed E-state index contributed by atoms with van der Waals surface area (Å²) in [6.07, 6.45) is 9.85. The van der Waals surface area contributed by atoms with E-state index in [2.05, 4.69) is 21.7 Å². The van der Waals surface area contributed by atoms with Gasteiger partial charge in [-0.15, -0.1) is 0 Å². The van der Waals surface area contributed by atoms with E-state index in [4.69, 9.17) is 0 Å². The zero-order valence-corrected chi connectivity index (χ0v) is 15.8. The first-order chi connectivity index (χ1) is 12.6. The molecule has 4 rings (SSSR count). The SMILES string of the molecule is CC[C@H]1CCCCN1C(=O)CN1[C@@H]2CC[C@H]1CC(O)(c1ccccn1)C2. The Bertz CT molecular complexity index is 621. The molecule has 4 atom stereocenters. The summed E-state index contributed by atoms with van der Waals surface area (Å²) in [5.41, 5.74) is -0.0612. The van der Waals surface area contributed by atoms with Gasteiger partial charge in [0.15, 0.2) is 0 Å². The van der Waals surface area contributed by atoms with E-state index in [1.165, 1.54) is 6.42 Å². The lowest BCUT2D eigenvalue weighted by molar-refractivity contribution is -0.139. The fourth-order valence-corrected chi connectivity index (χ4v) is 5.42. The highest BCUT2D eigenvalue weighted by Crippen LogP contribution is 2.45. The monoisotopic (exact) mass is 357 g/mol. The van der Waals surface area contributed by atoms with Crippen molar-refractivity contribution in [3.05, 3.63) is 30.1 Å². The Morgan fingerprint density at radius 3 is 2.65 bits per heavy atom. The summed E-state index contributed by atoms with van der Waals surface area (Å²) < 4.78 is 0. The van der Waals surface area contributed by atoms with Crippen LogP contribution in [0.25, 0.3) is 0 Å². The van der Waals surface area contributed by atoms with Crippen molar-refractivity contribution in [1.29, 1.82) is 0 Å². The van der Waals surface area contributed by atoms with Crippen LogP contribution in [-0.4, -0.2) is 57.0 Å². The number of pyridine rings is 1. The lowest BCUT2D eigenvalue weighted by Gasteiger charge is -2.44. The highest BCUT2D eigenvalue weighted by molar-refractivity contribution is 5.79. The number of aromatic nitrogens is 1. The standard InChI is InChI=1S/C21H31N3O2/c1-2-16-7-4-6-12-23(16)20(25)15-24-17-9-10-18(24)14-21(26,13-17)19-8-3-5-11-22-19/h3,5,8,11,16-18,26H,2,4,6-7,9-10,12-15H2,1H3/t16-,17-,18+,21?/m0/s1. The lowest BCUT2D eigenvalue weighted by Crippen LogP contribution is -2.54. The summed E-state index contributed by atoms with van der Waals surface area (Å²) in [6, 6.07) is 6.75. The molecule has 0 radical (unpaired) electrons. The van der Waals surface area contributed by atoms with E-state index in [9.17, 15) is 9.90 Å². The Balaban J connectivity index is 1.44. The number of amides is 1. The van der Waals surface area contributed by atoms with Gasteiger partial charge >= 0.3 is 0 Å². The predicted molar refractivity (Wildman–Crippen MR) is 101 cm³/mol. The average Bonchev–Trinajstić information content (AvgIpc) is 2.92. The summed E-state index contributed by atoms with van der Waals surface area (Å²) >= 11 is 0. The van der Waals surface area contributed by atoms with Crippen LogP contribution in [0.5, 0.6) is 0 Å². The van der Waals surface area contributed by atoms with E-state index in [0.29, 0.717) is 25.4 Å². The van der Waals surface area contributed by atoms with Gasteiger partial charge in [-0.25, -0.2) is 0 Å². The second-order valence-corrected chi connectivity index (χ2v) is 8.36. The molecular weight excluding hydrogens is 326 g/mol. The summed E-state index contributed by atoms with van der Waals surface area (Å²) in [5, 5.41) is 11.2. The molecule has 0 aliphatic carbocycles. The fraction of sp³-hybridized carbons (Fsp3) is 0.714. The predicted octanol–water partition coefficient (Wildman–Crippen LogP) is 2.69. The molecule has 0 spiro atoms. The Morgan fingerprint density at radius 2 is 2.00 bits per heavy atom. The van der Waals surface area contributed by atoms with E-state index < -0.39 is 5.60 Å². The third kappa shape index (κ3) is 3.27. The Hall–Kier alpha value is -1.46. The van der Waals surface area contributed by atoms with Crippen molar-refractivity contribution in [3.63, 3.8) is 0 Å². The van der Waals surface area contributed by atoms with E-state index >= 15 is 0 Å². The highest BCUT2D eigenvalue weighted by Gasteiger charge is 2.49. The molecule has 1 unspecified atom stereocenters. The minimum atomic E-state index is -0.844. The number of piperidine rings is 2. The number of hydrogen-bond donors (Lipinski definition) is 1. The molecule has 3 aliphatic heterocycles. The van der Waals surface area contributed by atoms with Crippen LogP contribution in [0, 0.1) is 0 Å². The van der Waals surface area contributed by atoms with Gasteiger partial charge in [0.2, 0.25) is 5.91 Å². The second-order valence-electron chi connectivity index (χ2n) is 8.36. The fourth-order valence-electron chi connectivity index (χ4n) is 5.42. The lowest BCUT2D eigenvalue weighted by atomic mass is 9.83. The van der Waals surface area contributed by atoms with Gasteiger partial charge in [-0.05, 0) is 63.5 Å². The average molecular weight is 357 g/mol. The molecular formula is C21H31N3O2. The van der Waals surface area contributed by atoms with Gasteiger partial charge in [-0.3, -0.25) is 14.7 Å². The van der Waals surface area contributed by atoms with Crippen LogP contribution in [0.4, 0.5) is 0 Å². The molecule has 3 saturated heterocycles. The first-order valence-corrected chi connectivity index (χ1v) is 10.3. The van der Waals surface area contributed by atoms with E-state index in [1.54, 1.807) is 6.20 Å². The van der Waals surface area contributed by atoms with Crippen molar-refractivity contribution >= 4 is 5.91 Å². The quantitative estimate of drug-likeness (QED) is 0.900. The van der Waals surface area contributed by atoms with Crippen molar-refractivity contribution in [3.8, 4) is 0 Å². The number of likely N-dealkylation sites (tertiary alicyclic amines) is 1. The molecule has 142 valence electrons. The molecule has 1 amide bonds. The molecule has 1 aromatic rings. The zero-order valence-electron chi connectivity index (χ0n) is 15.8. The number of nitrogens with zero attached hydrogens (tertiary/aromatic N) is 3. The van der Waals surface area contributed by atoms with E-state index in [0.717, 1.165) is 44.3 Å². The van der Waals surface area contributed by atoms with Crippen LogP contribution >= 0.6 is 0 Å². The van der Waals surface area contributed by atoms with Gasteiger partial charge in [-0.2, -0.15) is 0 Å². The Morgan fingerprint density at radius 1 is 1.23 bits per heavy atom. The van der Waals surface area contributed by atoms with E-state index in [-0.39, 0.29) is 18.0 Å². The van der Waals surface area contributed by atoms with Crippen LogP contribution in [0.1, 0.15) is 64.0 Å². The first-order valence-electron chi connectivity index (χ1n) is 10.3. The van der Waals surface area contributed by atoms with Gasteiger partial charge in [0.25, 0.3) is 0 Å². The van der Waals surface area contributed by atoms with Crippen molar-refractivity contribution in [1.82, 2.24) is 14.8 Å². The highest BCUT2D eigenvalue weighted by atomic mass is 16.3. The number of aliphatic hydroxyl groups is 1. The first kappa shape index (κ1) is 17.9. The van der Waals surface area contributed by atoms with Crippen molar-refractivity contribution in [2.45, 2.75) is 82.0 Å². The number of carbonyl (C=O) groups excluding carboxylic acids is 1. The number of fused-ring (bicyclic) bond motifs is 2. The molecule has 3 aliphatic rings. The maximum Gasteiger partial charge on any atom is 0.237 e. The number of hydrogen-bond acceptors (Lipinski definition) is 4. The van der Waals surface area contributed by atoms with Gasteiger partial charge in [0.05, 0.1) is 12.2 Å². The molecule has 0 aromatic carbocycles. The summed E-state index contributed by atoms with van der Waals surface area (Å²) in [5.74, 6) is 0.289. The largest absolute Gasteiger partial charge is 0.383 e. The molecule has 1 aromatic heterocycles. The van der Waals surface area contributed by atoms with E-state index in [1.807, 2.05) is 18.2 Å². The van der Waals surface area contributed by atoms with Crippen molar-refractivity contribution < 1.29 is 9.90 Å². The molecule has 3 fully saturated rings. The molecule has 26 heavy (non-hydrogen) atoms. The van der Waals surface area contributed by atoms with Crippen molar-refractivity contribution in [2.24, 2.45) is 0 Å². The Kier molecular flexibility index (Phi) is 5.02. The second kappa shape index (κ2) is 7.28. The summed E-state index contributed by atoms with van der Waals surface area (Å²) in [7, 11) is 0. The van der Waals surface area contributed by atoms with Crippen LogP contribution in [0.3, 0.4) is 0 Å². The van der Waals surface area contributed by atoms with Crippen LogP contribution in [0.2, 0.25) is 0 Å². The van der Waals surface area contributed by atoms with Gasteiger partial charge in [0, 0.05) is 30.9 Å². The van der Waals surface area contributed by atoms with Crippen LogP contribution < -0.4 is 0 Å². The smallest absolute Gasteiger partial charge is 0.237 e. The van der Waals surface area contributed by atoms with Gasteiger partial charge < -0.3 is 10.0 Å². The number of carbonyl (C=O) groups is 1. The molecule has 5 heteroatoms. The summed E-state index contributed by atoms with van der Waals surface area (Å²) in [6.45, 7) is 3.62. The topological polar surface area (TPSA) is 56.7 Å². The molecule has 2 bridgehead atoms.